The molecule has 1 amide bonds. The molecule has 2 saturated heterocycles. The van der Waals surface area contributed by atoms with Crippen LogP contribution in [-0.4, -0.2) is 36.6 Å². The molecule has 2 heterocycles. The fourth-order valence-corrected chi connectivity index (χ4v) is 4.36. The van der Waals surface area contributed by atoms with E-state index >= 15 is 0 Å². The van der Waals surface area contributed by atoms with E-state index in [0.717, 1.165) is 38.0 Å². The molecule has 0 bridgehead atoms. The second-order valence-corrected chi connectivity index (χ2v) is 7.29. The normalized spacial score (nSPS) is 26.2. The van der Waals surface area contributed by atoms with Crippen LogP contribution in [0.15, 0.2) is 54.6 Å². The topological polar surface area (TPSA) is 41.6 Å². The molecular weight excluding hydrogens is 324 g/mol. The third kappa shape index (κ3) is 3.15. The zero-order valence-electron chi connectivity index (χ0n) is 15.3. The fourth-order valence-electron chi connectivity index (χ4n) is 4.36. The Labute approximate surface area is 155 Å². The van der Waals surface area contributed by atoms with Gasteiger partial charge < -0.3 is 10.1 Å². The lowest BCUT2D eigenvalue weighted by Gasteiger charge is -2.50. The largest absolute Gasteiger partial charge is 0.364 e. The lowest BCUT2D eigenvalue weighted by molar-refractivity contribution is -0.152. The summed E-state index contributed by atoms with van der Waals surface area (Å²) in [5, 5.41) is 3.26. The Hall–Kier alpha value is -2.17. The van der Waals surface area contributed by atoms with E-state index < -0.39 is 5.54 Å². The molecule has 0 aromatic heterocycles. The zero-order valence-corrected chi connectivity index (χ0v) is 15.3. The van der Waals surface area contributed by atoms with Gasteiger partial charge in [0.25, 0.3) is 0 Å². The number of hydrogen-bond acceptors (Lipinski definition) is 3. The molecule has 2 aromatic rings. The monoisotopic (exact) mass is 350 g/mol. The van der Waals surface area contributed by atoms with Crippen LogP contribution < -0.4 is 5.32 Å². The maximum Gasteiger partial charge on any atom is 0.246 e. The van der Waals surface area contributed by atoms with Gasteiger partial charge in [-0.25, -0.2) is 0 Å². The van der Waals surface area contributed by atoms with Crippen molar-refractivity contribution in [2.24, 2.45) is 0 Å². The van der Waals surface area contributed by atoms with Gasteiger partial charge in [-0.2, -0.15) is 0 Å². The molecule has 2 fully saturated rings. The van der Waals surface area contributed by atoms with Crippen molar-refractivity contribution in [3.63, 3.8) is 0 Å². The average molecular weight is 350 g/mol. The van der Waals surface area contributed by atoms with E-state index in [1.807, 2.05) is 18.2 Å². The number of morpholine rings is 1. The Morgan fingerprint density at radius 3 is 2.62 bits per heavy atom. The quantitative estimate of drug-likeness (QED) is 0.922. The lowest BCUT2D eigenvalue weighted by Crippen LogP contribution is -2.66. The second kappa shape index (κ2) is 7.22. The first-order valence-corrected chi connectivity index (χ1v) is 9.48. The Kier molecular flexibility index (Phi) is 4.79. The first-order valence-electron chi connectivity index (χ1n) is 9.48. The van der Waals surface area contributed by atoms with Gasteiger partial charge in [-0.15, -0.1) is 0 Å². The number of hydrogen-bond donors (Lipinski definition) is 1. The van der Waals surface area contributed by atoms with Crippen LogP contribution in [0.3, 0.4) is 0 Å². The van der Waals surface area contributed by atoms with Crippen LogP contribution in [0.5, 0.6) is 0 Å². The van der Waals surface area contributed by atoms with E-state index in [-0.39, 0.29) is 18.6 Å². The summed E-state index contributed by atoms with van der Waals surface area (Å²) in [6.07, 6.45) is 1.89. The van der Waals surface area contributed by atoms with Crippen LogP contribution >= 0.6 is 0 Å². The van der Waals surface area contributed by atoms with Gasteiger partial charge in [0.15, 0.2) is 0 Å². The molecule has 136 valence electrons. The zero-order chi connectivity index (χ0) is 18.0. The number of nitrogens with one attached hydrogen (secondary N) is 1. The summed E-state index contributed by atoms with van der Waals surface area (Å²) < 4.78 is 6.02. The van der Waals surface area contributed by atoms with Gasteiger partial charge in [-0.3, -0.25) is 9.69 Å². The van der Waals surface area contributed by atoms with Crippen molar-refractivity contribution >= 4 is 5.91 Å². The van der Waals surface area contributed by atoms with E-state index in [1.54, 1.807) is 0 Å². The van der Waals surface area contributed by atoms with E-state index in [1.165, 1.54) is 11.1 Å². The third-order valence-electron chi connectivity index (χ3n) is 5.76. The number of benzene rings is 2. The molecule has 0 spiro atoms. The van der Waals surface area contributed by atoms with Gasteiger partial charge in [0.2, 0.25) is 5.91 Å². The van der Waals surface area contributed by atoms with Crippen molar-refractivity contribution in [2.75, 3.05) is 19.7 Å². The number of carbonyl (C=O) groups excluding carboxylic acids is 1. The number of piperidine rings is 1. The van der Waals surface area contributed by atoms with Crippen molar-refractivity contribution in [2.45, 2.75) is 38.0 Å². The molecule has 0 unspecified atom stereocenters. The minimum atomic E-state index is -0.405. The molecule has 0 aliphatic carbocycles. The molecule has 1 N–H and O–H groups in total. The van der Waals surface area contributed by atoms with Crippen LogP contribution in [0.4, 0.5) is 0 Å². The molecule has 4 nitrogen and oxygen atoms in total. The molecular formula is C22H26N2O2. The summed E-state index contributed by atoms with van der Waals surface area (Å²) in [4.78, 5) is 14.6. The lowest BCUT2D eigenvalue weighted by atomic mass is 9.77. The van der Waals surface area contributed by atoms with E-state index in [4.69, 9.17) is 4.74 Å². The summed E-state index contributed by atoms with van der Waals surface area (Å²) in [5.41, 5.74) is 3.54. The Morgan fingerprint density at radius 2 is 1.85 bits per heavy atom. The summed E-state index contributed by atoms with van der Waals surface area (Å²) >= 11 is 0. The van der Waals surface area contributed by atoms with Gasteiger partial charge in [-0.05, 0) is 29.5 Å². The molecule has 0 saturated carbocycles. The highest BCUT2D eigenvalue weighted by atomic mass is 16.5. The van der Waals surface area contributed by atoms with Crippen LogP contribution in [0, 0.1) is 0 Å². The molecule has 2 atom stereocenters. The predicted molar refractivity (Wildman–Crippen MR) is 102 cm³/mol. The van der Waals surface area contributed by atoms with Gasteiger partial charge in [0.1, 0.15) is 6.61 Å². The average Bonchev–Trinajstić information content (AvgIpc) is 2.69. The maximum absolute atomic E-state index is 12.1. The first kappa shape index (κ1) is 17.3. The standard InChI is InChI=1S/C22H26N2O2/c1-2-17-8-6-7-9-18(17)14-24-13-12-22(19-10-4-3-5-11-19)20(15-24)26-16-21(25)23-22/h3-11,20H,2,12-16H2,1H3,(H,23,25)/t20-,22+/m1/s1. The van der Waals surface area contributed by atoms with Crippen molar-refractivity contribution in [3.8, 4) is 0 Å². The first-order chi connectivity index (χ1) is 12.7. The molecule has 0 radical (unpaired) electrons. The SMILES string of the molecule is CCc1ccccc1CN1CC[C@@]2(c3ccccc3)NC(=O)CO[C@@H]2C1. The van der Waals surface area contributed by atoms with Crippen LogP contribution in [-0.2, 0) is 28.0 Å². The highest BCUT2D eigenvalue weighted by molar-refractivity contribution is 5.79. The van der Waals surface area contributed by atoms with Crippen LogP contribution in [0.1, 0.15) is 30.0 Å². The van der Waals surface area contributed by atoms with Crippen LogP contribution in [0.2, 0.25) is 0 Å². The van der Waals surface area contributed by atoms with Crippen molar-refractivity contribution in [3.05, 3.63) is 71.3 Å². The minimum Gasteiger partial charge on any atom is -0.364 e. The highest BCUT2D eigenvalue weighted by Gasteiger charge is 2.48. The third-order valence-corrected chi connectivity index (χ3v) is 5.76. The fraction of sp³-hybridized carbons (Fsp3) is 0.409. The van der Waals surface area contributed by atoms with Crippen molar-refractivity contribution in [1.29, 1.82) is 0 Å². The number of ether oxygens (including phenoxy) is 1. The summed E-state index contributed by atoms with van der Waals surface area (Å²) in [7, 11) is 0. The Morgan fingerprint density at radius 1 is 1.12 bits per heavy atom. The predicted octanol–water partition coefficient (Wildman–Crippen LogP) is 2.87. The molecule has 2 aromatic carbocycles. The number of aryl methyl sites for hydroxylation is 1. The van der Waals surface area contributed by atoms with Crippen molar-refractivity contribution in [1.82, 2.24) is 10.2 Å². The van der Waals surface area contributed by atoms with Gasteiger partial charge >= 0.3 is 0 Å². The van der Waals surface area contributed by atoms with E-state index in [2.05, 4.69) is 53.5 Å². The highest BCUT2D eigenvalue weighted by Crippen LogP contribution is 2.37. The van der Waals surface area contributed by atoms with E-state index in [9.17, 15) is 4.79 Å². The summed E-state index contributed by atoms with van der Waals surface area (Å²) in [5.74, 6) is -0.0186. The van der Waals surface area contributed by atoms with E-state index in [0.29, 0.717) is 0 Å². The van der Waals surface area contributed by atoms with Gasteiger partial charge in [0.05, 0.1) is 11.6 Å². The van der Waals surface area contributed by atoms with Crippen LogP contribution in [0.25, 0.3) is 0 Å². The number of fused-ring (bicyclic) bond motifs is 1. The molecule has 4 heteroatoms. The molecule has 2 aliphatic rings. The number of amides is 1. The number of carbonyl (C=O) groups is 1. The molecule has 4 rings (SSSR count). The molecule has 2 aliphatic heterocycles. The number of nitrogens with zero attached hydrogens (tertiary/aromatic N) is 1. The minimum absolute atomic E-state index is 0.0186. The van der Waals surface area contributed by atoms with Gasteiger partial charge in [-0.1, -0.05) is 61.5 Å². The Bertz CT molecular complexity index is 777. The molecule has 26 heavy (non-hydrogen) atoms. The van der Waals surface area contributed by atoms with Crippen molar-refractivity contribution < 1.29 is 9.53 Å². The summed E-state index contributed by atoms with van der Waals surface area (Å²) in [6.45, 7) is 5.05. The second-order valence-electron chi connectivity index (χ2n) is 7.29. The maximum atomic E-state index is 12.1. The van der Waals surface area contributed by atoms with Gasteiger partial charge in [0, 0.05) is 19.6 Å². The Balaban J connectivity index is 1.57. The summed E-state index contributed by atoms with van der Waals surface area (Å²) in [6, 6.07) is 18.9. The smallest absolute Gasteiger partial charge is 0.246 e. The number of likely N-dealkylation sites (tertiary alicyclic amines) is 1. The number of rotatable bonds is 4.